The largest absolute Gasteiger partial charge is 0.357 e. The first kappa shape index (κ1) is 19.4. The Labute approximate surface area is 153 Å². The minimum atomic E-state index is -0.249. The number of carbonyl (C=O) groups excluding carboxylic acids is 1. The molecule has 0 aromatic heterocycles. The van der Waals surface area contributed by atoms with E-state index in [2.05, 4.69) is 20.9 Å². The molecule has 2 aromatic rings. The lowest BCUT2D eigenvalue weighted by Gasteiger charge is -2.11. The molecule has 0 aliphatic carbocycles. The van der Waals surface area contributed by atoms with Gasteiger partial charge in [0.15, 0.2) is 5.96 Å². The Balaban J connectivity index is 2.00. The molecule has 0 aliphatic rings. The number of halogens is 1. The van der Waals surface area contributed by atoms with Crippen LogP contribution in [0.5, 0.6) is 0 Å². The summed E-state index contributed by atoms with van der Waals surface area (Å²) in [4.78, 5) is 16.5. The van der Waals surface area contributed by atoms with Crippen molar-refractivity contribution in [3.05, 3.63) is 71.0 Å². The highest BCUT2D eigenvalue weighted by molar-refractivity contribution is 5.94. The van der Waals surface area contributed by atoms with Crippen LogP contribution in [0.4, 0.5) is 4.39 Å². The summed E-state index contributed by atoms with van der Waals surface area (Å²) >= 11 is 0. The van der Waals surface area contributed by atoms with Crippen molar-refractivity contribution < 1.29 is 9.18 Å². The molecule has 3 N–H and O–H groups in total. The summed E-state index contributed by atoms with van der Waals surface area (Å²) in [5.74, 6) is 0.334. The first-order valence-electron chi connectivity index (χ1n) is 8.76. The monoisotopic (exact) mass is 356 g/mol. The van der Waals surface area contributed by atoms with Crippen LogP contribution < -0.4 is 16.0 Å². The zero-order valence-corrected chi connectivity index (χ0v) is 15.2. The molecular weight excluding hydrogens is 331 g/mol. The molecule has 6 heteroatoms. The molecule has 0 saturated heterocycles. The maximum atomic E-state index is 13.0. The molecule has 0 heterocycles. The highest BCUT2D eigenvalue weighted by atomic mass is 19.1. The highest BCUT2D eigenvalue weighted by Gasteiger charge is 2.05. The van der Waals surface area contributed by atoms with Gasteiger partial charge in [0.1, 0.15) is 5.82 Å². The number of nitrogens with zero attached hydrogens (tertiary/aromatic N) is 1. The lowest BCUT2D eigenvalue weighted by Crippen LogP contribution is -2.36. The summed E-state index contributed by atoms with van der Waals surface area (Å²) in [6.07, 6.45) is 0. The maximum absolute atomic E-state index is 13.0. The Bertz CT molecular complexity index is 744. The van der Waals surface area contributed by atoms with Crippen molar-refractivity contribution in [2.24, 2.45) is 4.99 Å². The van der Waals surface area contributed by atoms with Gasteiger partial charge in [-0.3, -0.25) is 4.79 Å². The van der Waals surface area contributed by atoms with Crippen LogP contribution in [0.3, 0.4) is 0 Å². The second kappa shape index (κ2) is 10.2. The molecule has 0 atom stereocenters. The molecule has 0 aliphatic heterocycles. The Morgan fingerprint density at radius 2 is 1.69 bits per heavy atom. The number of benzene rings is 2. The molecule has 2 rings (SSSR count). The molecule has 1 amide bonds. The molecule has 26 heavy (non-hydrogen) atoms. The van der Waals surface area contributed by atoms with Gasteiger partial charge in [-0.2, -0.15) is 0 Å². The Hall–Kier alpha value is -2.89. The summed E-state index contributed by atoms with van der Waals surface area (Å²) in [7, 11) is 0. The topological polar surface area (TPSA) is 65.5 Å². The molecule has 138 valence electrons. The SMILES string of the molecule is CCNC(=O)c1cccc(CN=C(NCC)NCc2ccc(F)cc2)c1. The van der Waals surface area contributed by atoms with Crippen LogP contribution in [-0.4, -0.2) is 25.0 Å². The average Bonchev–Trinajstić information content (AvgIpc) is 2.66. The van der Waals surface area contributed by atoms with Crippen LogP contribution in [0.15, 0.2) is 53.5 Å². The number of hydrogen-bond donors (Lipinski definition) is 3. The van der Waals surface area contributed by atoms with E-state index < -0.39 is 0 Å². The van der Waals surface area contributed by atoms with Gasteiger partial charge in [-0.25, -0.2) is 9.38 Å². The van der Waals surface area contributed by atoms with E-state index in [4.69, 9.17) is 0 Å². The molecule has 0 radical (unpaired) electrons. The first-order chi connectivity index (χ1) is 12.6. The Kier molecular flexibility index (Phi) is 7.61. The Morgan fingerprint density at radius 3 is 2.38 bits per heavy atom. The van der Waals surface area contributed by atoms with Gasteiger partial charge in [0.25, 0.3) is 5.91 Å². The normalized spacial score (nSPS) is 11.1. The molecule has 5 nitrogen and oxygen atoms in total. The van der Waals surface area contributed by atoms with E-state index in [1.54, 1.807) is 18.2 Å². The predicted octanol–water partition coefficient (Wildman–Crippen LogP) is 2.83. The number of hydrogen-bond acceptors (Lipinski definition) is 2. The first-order valence-corrected chi connectivity index (χ1v) is 8.76. The second-order valence-corrected chi connectivity index (χ2v) is 5.74. The quantitative estimate of drug-likeness (QED) is 0.528. The van der Waals surface area contributed by atoms with Crippen molar-refractivity contribution in [3.63, 3.8) is 0 Å². The van der Waals surface area contributed by atoms with Crippen molar-refractivity contribution in [2.75, 3.05) is 13.1 Å². The van der Waals surface area contributed by atoms with Crippen molar-refractivity contribution in [3.8, 4) is 0 Å². The van der Waals surface area contributed by atoms with Gasteiger partial charge in [-0.05, 0) is 49.2 Å². The van der Waals surface area contributed by atoms with E-state index in [0.29, 0.717) is 31.2 Å². The second-order valence-electron chi connectivity index (χ2n) is 5.74. The van der Waals surface area contributed by atoms with Crippen LogP contribution in [0, 0.1) is 5.82 Å². The number of nitrogens with one attached hydrogen (secondary N) is 3. The van der Waals surface area contributed by atoms with E-state index in [0.717, 1.165) is 17.7 Å². The van der Waals surface area contributed by atoms with E-state index in [-0.39, 0.29) is 11.7 Å². The van der Waals surface area contributed by atoms with Crippen LogP contribution in [0.25, 0.3) is 0 Å². The lowest BCUT2D eigenvalue weighted by atomic mass is 10.1. The van der Waals surface area contributed by atoms with E-state index in [9.17, 15) is 9.18 Å². The van der Waals surface area contributed by atoms with Crippen molar-refractivity contribution in [1.29, 1.82) is 0 Å². The number of rotatable bonds is 7. The van der Waals surface area contributed by atoms with Crippen LogP contribution in [0.1, 0.15) is 35.3 Å². The van der Waals surface area contributed by atoms with Crippen molar-refractivity contribution >= 4 is 11.9 Å². The molecule has 0 spiro atoms. The third-order valence-corrected chi connectivity index (χ3v) is 3.66. The number of amides is 1. The van der Waals surface area contributed by atoms with E-state index in [1.807, 2.05) is 32.0 Å². The fourth-order valence-corrected chi connectivity index (χ4v) is 2.37. The van der Waals surface area contributed by atoms with Gasteiger partial charge in [-0.1, -0.05) is 24.3 Å². The predicted molar refractivity (Wildman–Crippen MR) is 103 cm³/mol. The minimum absolute atomic E-state index is 0.0836. The fraction of sp³-hybridized carbons (Fsp3) is 0.300. The maximum Gasteiger partial charge on any atom is 0.251 e. The molecule has 0 bridgehead atoms. The summed E-state index contributed by atoms with van der Waals surface area (Å²) < 4.78 is 13.0. The minimum Gasteiger partial charge on any atom is -0.357 e. The van der Waals surface area contributed by atoms with Crippen molar-refractivity contribution in [1.82, 2.24) is 16.0 Å². The summed E-state index contributed by atoms with van der Waals surface area (Å²) in [6.45, 7) is 6.21. The average molecular weight is 356 g/mol. The third kappa shape index (κ3) is 6.20. The van der Waals surface area contributed by atoms with Gasteiger partial charge in [0.05, 0.1) is 6.54 Å². The lowest BCUT2D eigenvalue weighted by molar-refractivity contribution is 0.0955. The fourth-order valence-electron chi connectivity index (χ4n) is 2.37. The van der Waals surface area contributed by atoms with E-state index >= 15 is 0 Å². The van der Waals surface area contributed by atoms with Crippen LogP contribution >= 0.6 is 0 Å². The molecule has 0 saturated carbocycles. The Morgan fingerprint density at radius 1 is 0.962 bits per heavy atom. The summed E-state index contributed by atoms with van der Waals surface area (Å²) in [5.41, 5.74) is 2.55. The standard InChI is InChI=1S/C20H25FN4O/c1-3-22-19(26)17-7-5-6-16(12-17)14-25-20(23-4-2)24-13-15-8-10-18(21)11-9-15/h5-12H,3-4,13-14H2,1-2H3,(H,22,26)(H2,23,24,25). The van der Waals surface area contributed by atoms with Gasteiger partial charge >= 0.3 is 0 Å². The summed E-state index contributed by atoms with van der Waals surface area (Å²) in [5, 5.41) is 9.19. The molecule has 0 unspecified atom stereocenters. The number of aliphatic imine (C=N–C) groups is 1. The molecule has 2 aromatic carbocycles. The zero-order valence-electron chi connectivity index (χ0n) is 15.2. The molecular formula is C20H25FN4O. The van der Waals surface area contributed by atoms with Gasteiger partial charge < -0.3 is 16.0 Å². The zero-order chi connectivity index (χ0) is 18.8. The van der Waals surface area contributed by atoms with E-state index in [1.165, 1.54) is 12.1 Å². The summed E-state index contributed by atoms with van der Waals surface area (Å²) in [6, 6.07) is 13.8. The number of guanidine groups is 1. The van der Waals surface area contributed by atoms with Crippen LogP contribution in [0.2, 0.25) is 0 Å². The third-order valence-electron chi connectivity index (χ3n) is 3.66. The van der Waals surface area contributed by atoms with Gasteiger partial charge in [-0.15, -0.1) is 0 Å². The van der Waals surface area contributed by atoms with Gasteiger partial charge in [0.2, 0.25) is 0 Å². The van der Waals surface area contributed by atoms with Gasteiger partial charge in [0, 0.05) is 25.2 Å². The van der Waals surface area contributed by atoms with Crippen LogP contribution in [-0.2, 0) is 13.1 Å². The van der Waals surface area contributed by atoms with Crippen molar-refractivity contribution in [2.45, 2.75) is 26.9 Å². The highest BCUT2D eigenvalue weighted by Crippen LogP contribution is 2.07. The smallest absolute Gasteiger partial charge is 0.251 e. The number of carbonyl (C=O) groups is 1. The molecule has 0 fully saturated rings.